The summed E-state index contributed by atoms with van der Waals surface area (Å²) in [5, 5.41) is 6.59. The number of aryl methyl sites for hydroxylation is 1. The van der Waals surface area contributed by atoms with Crippen molar-refractivity contribution in [1.82, 2.24) is 15.4 Å². The highest BCUT2D eigenvalue weighted by Crippen LogP contribution is 2.15. The maximum absolute atomic E-state index is 12.9. The largest absolute Gasteiger partial charge is 0.361 e. The third-order valence-corrected chi connectivity index (χ3v) is 4.50. The molecule has 1 N–H and O–H groups in total. The van der Waals surface area contributed by atoms with Gasteiger partial charge in [-0.15, -0.1) is 0 Å². The fourth-order valence-electron chi connectivity index (χ4n) is 3.12. The van der Waals surface area contributed by atoms with Crippen LogP contribution in [0.3, 0.4) is 0 Å². The molecule has 0 radical (unpaired) electrons. The highest BCUT2D eigenvalue weighted by Gasteiger charge is 2.31. The van der Waals surface area contributed by atoms with E-state index in [4.69, 9.17) is 4.52 Å². The maximum Gasteiger partial charge on any atom is 0.256 e. The van der Waals surface area contributed by atoms with E-state index in [-0.39, 0.29) is 30.1 Å². The maximum atomic E-state index is 12.9. The molecule has 2 amide bonds. The fraction of sp³-hybridized carbons (Fsp3) is 0.421. The number of benzene rings is 1. The summed E-state index contributed by atoms with van der Waals surface area (Å²) < 4.78 is 18.1. The zero-order chi connectivity index (χ0) is 18.5. The minimum atomic E-state index is -0.273. The first-order valence-corrected chi connectivity index (χ1v) is 8.83. The van der Waals surface area contributed by atoms with Gasteiger partial charge in [-0.3, -0.25) is 9.59 Å². The summed E-state index contributed by atoms with van der Waals surface area (Å²) in [5.74, 6) is 0.0526. The number of nitrogens with zero attached hydrogens (tertiary/aromatic N) is 2. The average Bonchev–Trinajstić information content (AvgIpc) is 3.21. The molecule has 1 saturated heterocycles. The molecule has 1 aromatic carbocycles. The molecular weight excluding hydrogens is 337 g/mol. The predicted molar refractivity (Wildman–Crippen MR) is 93.1 cm³/mol. The van der Waals surface area contributed by atoms with Crippen LogP contribution in [0.4, 0.5) is 4.39 Å². The van der Waals surface area contributed by atoms with Crippen LogP contribution in [0.25, 0.3) is 0 Å². The van der Waals surface area contributed by atoms with E-state index in [1.807, 2.05) is 6.92 Å². The van der Waals surface area contributed by atoms with Crippen molar-refractivity contribution in [3.8, 4) is 0 Å². The zero-order valence-electron chi connectivity index (χ0n) is 14.7. The molecule has 3 rings (SSSR count). The summed E-state index contributed by atoms with van der Waals surface area (Å²) >= 11 is 0. The van der Waals surface area contributed by atoms with Gasteiger partial charge in [0.1, 0.15) is 17.1 Å². The van der Waals surface area contributed by atoms with Crippen molar-refractivity contribution in [3.63, 3.8) is 0 Å². The lowest BCUT2D eigenvalue weighted by molar-refractivity contribution is -0.127. The third-order valence-electron chi connectivity index (χ3n) is 4.50. The van der Waals surface area contributed by atoms with E-state index in [0.29, 0.717) is 37.3 Å². The van der Waals surface area contributed by atoms with Gasteiger partial charge < -0.3 is 14.7 Å². The van der Waals surface area contributed by atoms with Crippen LogP contribution in [0.15, 0.2) is 35.0 Å². The van der Waals surface area contributed by atoms with Crippen LogP contribution in [0.2, 0.25) is 0 Å². The Balaban J connectivity index is 1.53. The molecule has 1 aromatic heterocycles. The third kappa shape index (κ3) is 4.28. The average molecular weight is 359 g/mol. The molecular formula is C19H22FN3O3. The van der Waals surface area contributed by atoms with Gasteiger partial charge in [-0.2, -0.15) is 0 Å². The van der Waals surface area contributed by atoms with Crippen molar-refractivity contribution in [2.24, 2.45) is 0 Å². The quantitative estimate of drug-likeness (QED) is 0.823. The fourth-order valence-corrected chi connectivity index (χ4v) is 3.12. The Morgan fingerprint density at radius 1 is 1.35 bits per heavy atom. The lowest BCUT2D eigenvalue weighted by Gasteiger charge is -2.17. The van der Waals surface area contributed by atoms with Gasteiger partial charge >= 0.3 is 0 Å². The molecule has 7 heteroatoms. The number of carbonyl (C=O) groups excluding carboxylic acids is 2. The number of aromatic nitrogens is 1. The minimum absolute atomic E-state index is 0.0107. The van der Waals surface area contributed by atoms with Gasteiger partial charge in [-0.25, -0.2) is 4.39 Å². The Morgan fingerprint density at radius 3 is 2.85 bits per heavy atom. The lowest BCUT2D eigenvalue weighted by Crippen LogP contribution is -2.37. The van der Waals surface area contributed by atoms with Gasteiger partial charge in [0.25, 0.3) is 5.91 Å². The summed E-state index contributed by atoms with van der Waals surface area (Å²) in [5.41, 5.74) is 1.41. The van der Waals surface area contributed by atoms with Crippen molar-refractivity contribution in [3.05, 3.63) is 53.2 Å². The van der Waals surface area contributed by atoms with Crippen LogP contribution >= 0.6 is 0 Å². The molecule has 1 aliphatic rings. The molecule has 0 bridgehead atoms. The number of likely N-dealkylation sites (tertiary alicyclic amines) is 1. The number of halogens is 1. The van der Waals surface area contributed by atoms with Crippen LogP contribution in [0.1, 0.15) is 41.4 Å². The minimum Gasteiger partial charge on any atom is -0.361 e. The molecule has 26 heavy (non-hydrogen) atoms. The van der Waals surface area contributed by atoms with E-state index < -0.39 is 0 Å². The Labute approximate surface area is 151 Å². The SMILES string of the molecule is CCCc1oncc1C(=O)N[C@H]1CC(=O)N(CCc2ccc(F)cc2)C1. The van der Waals surface area contributed by atoms with Gasteiger partial charge in [-0.1, -0.05) is 24.2 Å². The summed E-state index contributed by atoms with van der Waals surface area (Å²) in [6.07, 6.45) is 3.86. The second-order valence-electron chi connectivity index (χ2n) is 6.50. The molecule has 1 fully saturated rings. The summed E-state index contributed by atoms with van der Waals surface area (Å²) in [4.78, 5) is 26.3. The Morgan fingerprint density at radius 2 is 2.12 bits per heavy atom. The first-order valence-electron chi connectivity index (χ1n) is 8.83. The van der Waals surface area contributed by atoms with Crippen molar-refractivity contribution < 1.29 is 18.5 Å². The molecule has 0 aliphatic carbocycles. The second kappa shape index (κ2) is 8.12. The Bertz CT molecular complexity index is 773. The highest BCUT2D eigenvalue weighted by molar-refractivity contribution is 5.95. The summed E-state index contributed by atoms with van der Waals surface area (Å²) in [7, 11) is 0. The highest BCUT2D eigenvalue weighted by atomic mass is 19.1. The van der Waals surface area contributed by atoms with E-state index in [2.05, 4.69) is 10.5 Å². The number of amides is 2. The number of nitrogens with one attached hydrogen (secondary N) is 1. The standard InChI is InChI=1S/C19H22FN3O3/c1-2-3-17-16(11-21-26-17)19(25)22-15-10-18(24)23(12-15)9-8-13-4-6-14(20)7-5-13/h4-7,11,15H,2-3,8-10,12H2,1H3,(H,22,25)/t15-/m0/s1. The number of hydrogen-bond acceptors (Lipinski definition) is 4. The molecule has 1 atom stereocenters. The number of rotatable bonds is 7. The van der Waals surface area contributed by atoms with Crippen molar-refractivity contribution in [2.45, 2.75) is 38.6 Å². The van der Waals surface area contributed by atoms with E-state index in [9.17, 15) is 14.0 Å². The topological polar surface area (TPSA) is 75.4 Å². The lowest BCUT2D eigenvalue weighted by atomic mass is 10.1. The molecule has 138 valence electrons. The summed E-state index contributed by atoms with van der Waals surface area (Å²) in [6, 6.07) is 6.04. The van der Waals surface area contributed by atoms with E-state index in [0.717, 1.165) is 12.0 Å². The molecule has 6 nitrogen and oxygen atoms in total. The van der Waals surface area contributed by atoms with Gasteiger partial charge in [-0.05, 0) is 30.5 Å². The first-order chi connectivity index (χ1) is 12.6. The van der Waals surface area contributed by atoms with Crippen LogP contribution < -0.4 is 5.32 Å². The van der Waals surface area contributed by atoms with Crippen LogP contribution in [0, 0.1) is 5.82 Å². The van der Waals surface area contributed by atoms with Gasteiger partial charge in [0, 0.05) is 25.9 Å². The van der Waals surface area contributed by atoms with Crippen molar-refractivity contribution in [2.75, 3.05) is 13.1 Å². The van der Waals surface area contributed by atoms with Crippen LogP contribution in [-0.4, -0.2) is 41.0 Å². The van der Waals surface area contributed by atoms with E-state index in [1.54, 1.807) is 17.0 Å². The first kappa shape index (κ1) is 18.1. The predicted octanol–water partition coefficient (Wildman–Crippen LogP) is 2.34. The zero-order valence-corrected chi connectivity index (χ0v) is 14.7. The van der Waals surface area contributed by atoms with Crippen molar-refractivity contribution in [1.29, 1.82) is 0 Å². The van der Waals surface area contributed by atoms with Crippen LogP contribution in [-0.2, 0) is 17.6 Å². The molecule has 0 unspecified atom stereocenters. The molecule has 2 aromatic rings. The smallest absolute Gasteiger partial charge is 0.256 e. The number of carbonyl (C=O) groups is 2. The normalized spacial score (nSPS) is 16.9. The monoisotopic (exact) mass is 359 g/mol. The van der Waals surface area contributed by atoms with Crippen molar-refractivity contribution >= 4 is 11.8 Å². The van der Waals surface area contributed by atoms with Gasteiger partial charge in [0.15, 0.2) is 0 Å². The molecule has 0 spiro atoms. The van der Waals surface area contributed by atoms with E-state index in [1.165, 1.54) is 18.3 Å². The van der Waals surface area contributed by atoms with Crippen LogP contribution in [0.5, 0.6) is 0 Å². The Hall–Kier alpha value is -2.70. The Kier molecular flexibility index (Phi) is 5.65. The molecule has 2 heterocycles. The molecule has 1 aliphatic heterocycles. The second-order valence-corrected chi connectivity index (χ2v) is 6.50. The van der Waals surface area contributed by atoms with Gasteiger partial charge in [0.05, 0.1) is 12.2 Å². The molecule has 0 saturated carbocycles. The van der Waals surface area contributed by atoms with E-state index >= 15 is 0 Å². The summed E-state index contributed by atoms with van der Waals surface area (Å²) in [6.45, 7) is 3.02. The number of hydrogen-bond donors (Lipinski definition) is 1. The van der Waals surface area contributed by atoms with Gasteiger partial charge in [0.2, 0.25) is 5.91 Å².